The lowest BCUT2D eigenvalue weighted by molar-refractivity contribution is 0.471. The third-order valence-electron chi connectivity index (χ3n) is 4.49. The van der Waals surface area contributed by atoms with E-state index in [0.29, 0.717) is 0 Å². The Morgan fingerprint density at radius 3 is 3.11 bits per heavy atom. The SMILES string of the molecule is CC1CCC(CNCc2cccc3c2NCC3)C1. The van der Waals surface area contributed by atoms with E-state index in [0.717, 1.165) is 24.9 Å². The Bertz CT molecular complexity index is 414. The van der Waals surface area contributed by atoms with Gasteiger partial charge in [0.25, 0.3) is 0 Å². The smallest absolute Gasteiger partial charge is 0.0419 e. The topological polar surface area (TPSA) is 24.1 Å². The molecule has 2 unspecified atom stereocenters. The van der Waals surface area contributed by atoms with E-state index in [1.807, 2.05) is 0 Å². The summed E-state index contributed by atoms with van der Waals surface area (Å²) in [6, 6.07) is 6.69. The second-order valence-electron chi connectivity index (χ2n) is 6.04. The van der Waals surface area contributed by atoms with Crippen molar-refractivity contribution in [1.82, 2.24) is 5.32 Å². The zero-order valence-corrected chi connectivity index (χ0v) is 11.3. The van der Waals surface area contributed by atoms with Gasteiger partial charge in [-0.3, -0.25) is 0 Å². The van der Waals surface area contributed by atoms with Gasteiger partial charge in [0.1, 0.15) is 0 Å². The fraction of sp³-hybridized carbons (Fsp3) is 0.625. The van der Waals surface area contributed by atoms with Crippen LogP contribution in [-0.4, -0.2) is 13.1 Å². The predicted molar refractivity (Wildman–Crippen MR) is 76.8 cm³/mol. The maximum absolute atomic E-state index is 3.65. The van der Waals surface area contributed by atoms with E-state index in [9.17, 15) is 0 Å². The lowest BCUT2D eigenvalue weighted by Crippen LogP contribution is -2.21. The molecule has 3 rings (SSSR count). The van der Waals surface area contributed by atoms with E-state index in [-0.39, 0.29) is 0 Å². The minimum atomic E-state index is 0.907. The second kappa shape index (κ2) is 5.31. The Morgan fingerprint density at radius 2 is 2.28 bits per heavy atom. The fourth-order valence-electron chi connectivity index (χ4n) is 3.48. The van der Waals surface area contributed by atoms with Crippen molar-refractivity contribution in [2.75, 3.05) is 18.4 Å². The van der Waals surface area contributed by atoms with Crippen LogP contribution in [0, 0.1) is 11.8 Å². The summed E-state index contributed by atoms with van der Waals surface area (Å²) in [6.07, 6.45) is 5.44. The molecule has 0 amide bonds. The van der Waals surface area contributed by atoms with Crippen molar-refractivity contribution in [1.29, 1.82) is 0 Å². The van der Waals surface area contributed by atoms with Crippen LogP contribution in [0.3, 0.4) is 0 Å². The van der Waals surface area contributed by atoms with Crippen molar-refractivity contribution in [2.45, 2.75) is 39.2 Å². The zero-order chi connectivity index (χ0) is 12.4. The van der Waals surface area contributed by atoms with Crippen molar-refractivity contribution >= 4 is 5.69 Å². The maximum Gasteiger partial charge on any atom is 0.0419 e. The van der Waals surface area contributed by atoms with Gasteiger partial charge in [-0.05, 0) is 48.8 Å². The average molecular weight is 244 g/mol. The molecule has 98 valence electrons. The molecule has 2 nitrogen and oxygen atoms in total. The lowest BCUT2D eigenvalue weighted by Gasteiger charge is -2.13. The van der Waals surface area contributed by atoms with Crippen molar-refractivity contribution in [3.8, 4) is 0 Å². The first-order valence-corrected chi connectivity index (χ1v) is 7.38. The fourth-order valence-corrected chi connectivity index (χ4v) is 3.48. The molecule has 1 aliphatic heterocycles. The summed E-state index contributed by atoms with van der Waals surface area (Å²) in [4.78, 5) is 0. The number of benzene rings is 1. The van der Waals surface area contributed by atoms with Crippen LogP contribution in [0.2, 0.25) is 0 Å². The molecule has 0 aromatic heterocycles. The molecule has 18 heavy (non-hydrogen) atoms. The van der Waals surface area contributed by atoms with E-state index in [1.54, 1.807) is 0 Å². The number of fused-ring (bicyclic) bond motifs is 1. The summed E-state index contributed by atoms with van der Waals surface area (Å²) in [5, 5.41) is 7.17. The van der Waals surface area contributed by atoms with Crippen LogP contribution in [-0.2, 0) is 13.0 Å². The number of para-hydroxylation sites is 1. The molecule has 2 aliphatic rings. The van der Waals surface area contributed by atoms with Gasteiger partial charge in [-0.2, -0.15) is 0 Å². The molecule has 2 atom stereocenters. The Balaban J connectivity index is 1.53. The molecule has 2 heteroatoms. The van der Waals surface area contributed by atoms with Crippen LogP contribution < -0.4 is 10.6 Å². The highest BCUT2D eigenvalue weighted by Crippen LogP contribution is 2.30. The van der Waals surface area contributed by atoms with E-state index < -0.39 is 0 Å². The zero-order valence-electron chi connectivity index (χ0n) is 11.3. The van der Waals surface area contributed by atoms with Crippen LogP contribution in [0.1, 0.15) is 37.3 Å². The Kier molecular flexibility index (Phi) is 3.55. The summed E-state index contributed by atoms with van der Waals surface area (Å²) in [6.45, 7) is 5.69. The molecule has 1 heterocycles. The molecule has 0 saturated heterocycles. The first-order chi connectivity index (χ1) is 8.83. The van der Waals surface area contributed by atoms with Gasteiger partial charge in [0.05, 0.1) is 0 Å². The second-order valence-corrected chi connectivity index (χ2v) is 6.04. The number of hydrogen-bond donors (Lipinski definition) is 2. The highest BCUT2D eigenvalue weighted by molar-refractivity contribution is 5.61. The van der Waals surface area contributed by atoms with Gasteiger partial charge < -0.3 is 10.6 Å². The van der Waals surface area contributed by atoms with Gasteiger partial charge in [-0.25, -0.2) is 0 Å². The van der Waals surface area contributed by atoms with Gasteiger partial charge in [0.15, 0.2) is 0 Å². The average Bonchev–Trinajstić information content (AvgIpc) is 2.98. The summed E-state index contributed by atoms with van der Waals surface area (Å²) in [5.74, 6) is 1.85. The standard InChI is InChI=1S/C16H24N2/c1-12-5-6-13(9-12)10-17-11-15-4-2-3-14-7-8-18-16(14)15/h2-4,12-13,17-18H,5-11H2,1H3. The van der Waals surface area contributed by atoms with E-state index in [1.165, 1.54) is 49.0 Å². The lowest BCUT2D eigenvalue weighted by atomic mass is 10.1. The molecule has 0 bridgehead atoms. The van der Waals surface area contributed by atoms with Gasteiger partial charge in [0, 0.05) is 18.8 Å². The third kappa shape index (κ3) is 2.54. The molecule has 0 radical (unpaired) electrons. The van der Waals surface area contributed by atoms with Crippen molar-refractivity contribution in [3.63, 3.8) is 0 Å². The van der Waals surface area contributed by atoms with Crippen LogP contribution in [0.5, 0.6) is 0 Å². The minimum absolute atomic E-state index is 0.907. The van der Waals surface area contributed by atoms with Crippen molar-refractivity contribution < 1.29 is 0 Å². The molecular formula is C16H24N2. The van der Waals surface area contributed by atoms with Crippen LogP contribution in [0.25, 0.3) is 0 Å². The minimum Gasteiger partial charge on any atom is -0.384 e. The first kappa shape index (κ1) is 12.0. The number of nitrogens with one attached hydrogen (secondary N) is 2. The molecule has 1 aromatic rings. The Morgan fingerprint density at radius 1 is 1.33 bits per heavy atom. The molecule has 1 saturated carbocycles. The molecule has 2 N–H and O–H groups in total. The van der Waals surface area contributed by atoms with Crippen LogP contribution in [0.15, 0.2) is 18.2 Å². The Labute approximate surface area is 110 Å². The number of hydrogen-bond acceptors (Lipinski definition) is 2. The van der Waals surface area contributed by atoms with E-state index >= 15 is 0 Å². The monoisotopic (exact) mass is 244 g/mol. The molecule has 0 spiro atoms. The predicted octanol–water partition coefficient (Wildman–Crippen LogP) is 3.18. The molecule has 1 aromatic carbocycles. The molecule has 1 aliphatic carbocycles. The van der Waals surface area contributed by atoms with Crippen LogP contribution >= 0.6 is 0 Å². The summed E-state index contributed by atoms with van der Waals surface area (Å²) in [7, 11) is 0. The maximum atomic E-state index is 3.65. The largest absolute Gasteiger partial charge is 0.384 e. The van der Waals surface area contributed by atoms with Crippen LogP contribution in [0.4, 0.5) is 5.69 Å². The highest BCUT2D eigenvalue weighted by Gasteiger charge is 2.21. The van der Waals surface area contributed by atoms with Gasteiger partial charge in [0.2, 0.25) is 0 Å². The molecular weight excluding hydrogens is 220 g/mol. The van der Waals surface area contributed by atoms with Gasteiger partial charge >= 0.3 is 0 Å². The number of anilines is 1. The summed E-state index contributed by atoms with van der Waals surface area (Å²) < 4.78 is 0. The number of rotatable bonds is 4. The van der Waals surface area contributed by atoms with Crippen molar-refractivity contribution in [2.24, 2.45) is 11.8 Å². The van der Waals surface area contributed by atoms with Crippen molar-refractivity contribution in [3.05, 3.63) is 29.3 Å². The van der Waals surface area contributed by atoms with Gasteiger partial charge in [-0.1, -0.05) is 31.5 Å². The van der Waals surface area contributed by atoms with E-state index in [4.69, 9.17) is 0 Å². The normalized spacial score (nSPS) is 26.1. The Hall–Kier alpha value is -1.02. The summed E-state index contributed by atoms with van der Waals surface area (Å²) in [5.41, 5.74) is 4.32. The quantitative estimate of drug-likeness (QED) is 0.850. The summed E-state index contributed by atoms with van der Waals surface area (Å²) >= 11 is 0. The highest BCUT2D eigenvalue weighted by atomic mass is 14.9. The van der Waals surface area contributed by atoms with E-state index in [2.05, 4.69) is 35.8 Å². The third-order valence-corrected chi connectivity index (χ3v) is 4.49. The molecule has 1 fully saturated rings. The first-order valence-electron chi connectivity index (χ1n) is 7.38. The van der Waals surface area contributed by atoms with Gasteiger partial charge in [-0.15, -0.1) is 0 Å².